The Labute approximate surface area is 199 Å². The van der Waals surface area contributed by atoms with E-state index in [-0.39, 0.29) is 35.0 Å². The number of nitrogens with zero attached hydrogens (tertiary/aromatic N) is 2. The first kappa shape index (κ1) is 22.8. The molecule has 34 heavy (non-hydrogen) atoms. The first-order valence-corrected chi connectivity index (χ1v) is 14.7. The van der Waals surface area contributed by atoms with Gasteiger partial charge in [0.05, 0.1) is 36.2 Å². The topological polar surface area (TPSA) is 102 Å². The summed E-state index contributed by atoms with van der Waals surface area (Å²) in [5.74, 6) is -0.571. The van der Waals surface area contributed by atoms with Gasteiger partial charge in [0.15, 0.2) is 5.60 Å². The van der Waals surface area contributed by atoms with Gasteiger partial charge in [-0.25, -0.2) is 9.78 Å². The van der Waals surface area contributed by atoms with E-state index in [0.29, 0.717) is 28.0 Å². The predicted molar refractivity (Wildman–Crippen MR) is 132 cm³/mol. The summed E-state index contributed by atoms with van der Waals surface area (Å²) in [5, 5.41) is 22.0. The number of aromatic hydroxyl groups is 1. The fraction of sp³-hybridized carbons (Fsp3) is 0.423. The largest absolute Gasteiger partial charge is 0.508 e. The van der Waals surface area contributed by atoms with Crippen molar-refractivity contribution in [2.75, 3.05) is 0 Å². The van der Waals surface area contributed by atoms with Gasteiger partial charge in [-0.2, -0.15) is 0 Å². The Hall–Kier alpha value is -2.97. The lowest BCUT2D eigenvalue weighted by molar-refractivity contribution is -0.172. The molecule has 2 aliphatic heterocycles. The maximum atomic E-state index is 14.0. The molecule has 178 valence electrons. The highest BCUT2D eigenvalue weighted by Gasteiger charge is 2.51. The molecule has 4 heterocycles. The Morgan fingerprint density at radius 3 is 2.56 bits per heavy atom. The van der Waals surface area contributed by atoms with Crippen molar-refractivity contribution in [3.8, 4) is 17.1 Å². The SMILES string of the molecule is CC[C@@]1(O)C(=O)OCc2c1cc1n(c2=O)C([Si](C)(C)C(C)(C)C)c2cc3cc(O)ccc3nc2-1. The Morgan fingerprint density at radius 2 is 1.91 bits per heavy atom. The summed E-state index contributed by atoms with van der Waals surface area (Å²) in [5.41, 5.74) is 1.28. The van der Waals surface area contributed by atoms with E-state index in [1.807, 2.05) is 10.6 Å². The Morgan fingerprint density at radius 1 is 1.21 bits per heavy atom. The first-order chi connectivity index (χ1) is 15.8. The minimum absolute atomic E-state index is 0.0453. The van der Waals surface area contributed by atoms with Crippen LogP contribution in [0.2, 0.25) is 18.1 Å². The van der Waals surface area contributed by atoms with E-state index in [1.165, 1.54) is 0 Å². The number of aliphatic hydroxyl groups is 1. The number of aromatic nitrogens is 2. The van der Waals surface area contributed by atoms with Crippen molar-refractivity contribution in [3.63, 3.8) is 0 Å². The zero-order valence-electron chi connectivity index (χ0n) is 20.4. The summed E-state index contributed by atoms with van der Waals surface area (Å²) in [4.78, 5) is 31.5. The lowest BCUT2D eigenvalue weighted by Gasteiger charge is -2.43. The fourth-order valence-electron chi connectivity index (χ4n) is 5.17. The number of phenols is 1. The minimum Gasteiger partial charge on any atom is -0.508 e. The van der Waals surface area contributed by atoms with Gasteiger partial charge >= 0.3 is 5.97 Å². The van der Waals surface area contributed by atoms with Crippen molar-refractivity contribution >= 4 is 24.9 Å². The van der Waals surface area contributed by atoms with Crippen molar-refractivity contribution in [1.29, 1.82) is 0 Å². The highest BCUT2D eigenvalue weighted by atomic mass is 28.3. The van der Waals surface area contributed by atoms with Gasteiger partial charge in [-0.05, 0) is 41.8 Å². The van der Waals surface area contributed by atoms with E-state index >= 15 is 0 Å². The van der Waals surface area contributed by atoms with Crippen molar-refractivity contribution in [1.82, 2.24) is 9.55 Å². The lowest BCUT2D eigenvalue weighted by Crippen LogP contribution is -2.50. The van der Waals surface area contributed by atoms with Gasteiger partial charge in [-0.1, -0.05) is 40.8 Å². The van der Waals surface area contributed by atoms with Crippen LogP contribution in [-0.2, 0) is 21.7 Å². The van der Waals surface area contributed by atoms with Crippen LogP contribution in [0.4, 0.5) is 0 Å². The Bertz CT molecular complexity index is 1440. The number of fused-ring (bicyclic) bond motifs is 5. The van der Waals surface area contributed by atoms with E-state index in [1.54, 1.807) is 31.2 Å². The van der Waals surface area contributed by atoms with E-state index in [0.717, 1.165) is 10.9 Å². The zero-order valence-corrected chi connectivity index (χ0v) is 21.4. The van der Waals surface area contributed by atoms with Crippen LogP contribution in [-0.4, -0.2) is 33.8 Å². The number of hydrogen-bond donors (Lipinski definition) is 2. The molecule has 0 saturated carbocycles. The van der Waals surface area contributed by atoms with Gasteiger partial charge in [0.25, 0.3) is 5.56 Å². The molecule has 0 spiro atoms. The number of hydrogen-bond acceptors (Lipinski definition) is 6. The molecule has 0 radical (unpaired) electrons. The van der Waals surface area contributed by atoms with Crippen LogP contribution in [0, 0.1) is 0 Å². The van der Waals surface area contributed by atoms with Gasteiger partial charge in [-0.15, -0.1) is 0 Å². The average molecular weight is 479 g/mol. The molecular formula is C26H30N2O5Si. The first-order valence-electron chi connectivity index (χ1n) is 11.6. The molecule has 1 unspecified atom stereocenters. The van der Waals surface area contributed by atoms with E-state index in [2.05, 4.69) is 33.9 Å². The Kier molecular flexibility index (Phi) is 4.71. The molecule has 3 aromatic rings. The third-order valence-corrected chi connectivity index (χ3v) is 14.0. The molecule has 0 saturated heterocycles. The number of carbonyl (C=O) groups is 1. The van der Waals surface area contributed by atoms with Crippen LogP contribution >= 0.6 is 0 Å². The summed E-state index contributed by atoms with van der Waals surface area (Å²) in [6.07, 6.45) is 0.102. The molecule has 2 N–H and O–H groups in total. The molecule has 0 bridgehead atoms. The van der Waals surface area contributed by atoms with Crippen molar-refractivity contribution in [3.05, 3.63) is 57.4 Å². The second-order valence-electron chi connectivity index (χ2n) is 11.1. The number of pyridine rings is 2. The number of phenolic OH excluding ortho intramolecular Hbond substituents is 1. The summed E-state index contributed by atoms with van der Waals surface area (Å²) >= 11 is 0. The molecule has 1 aromatic carbocycles. The monoisotopic (exact) mass is 478 g/mol. The number of carbonyl (C=O) groups excluding carboxylic acids is 1. The van der Waals surface area contributed by atoms with Crippen molar-refractivity contribution in [2.45, 2.75) is 70.1 Å². The molecule has 2 aromatic heterocycles. The van der Waals surface area contributed by atoms with E-state index in [4.69, 9.17) is 9.72 Å². The van der Waals surface area contributed by atoms with Gasteiger partial charge in [-0.3, -0.25) is 4.79 Å². The minimum atomic E-state index is -2.22. The Balaban J connectivity index is 1.91. The molecule has 5 rings (SSSR count). The van der Waals surface area contributed by atoms with Crippen molar-refractivity contribution in [2.24, 2.45) is 0 Å². The van der Waals surface area contributed by atoms with Crippen LogP contribution < -0.4 is 5.56 Å². The molecular weight excluding hydrogens is 448 g/mol. The van der Waals surface area contributed by atoms with Crippen LogP contribution in [0.3, 0.4) is 0 Å². The molecule has 2 aliphatic rings. The predicted octanol–water partition coefficient (Wildman–Crippen LogP) is 4.37. The van der Waals surface area contributed by atoms with Crippen LogP contribution in [0.15, 0.2) is 35.1 Å². The van der Waals surface area contributed by atoms with Gasteiger partial charge in [0, 0.05) is 16.5 Å². The number of benzene rings is 1. The second kappa shape index (κ2) is 7.02. The third-order valence-electron chi connectivity index (χ3n) is 8.23. The molecule has 2 atom stereocenters. The highest BCUT2D eigenvalue weighted by molar-refractivity contribution is 6.81. The van der Waals surface area contributed by atoms with Crippen LogP contribution in [0.1, 0.15) is 56.5 Å². The molecule has 0 aliphatic carbocycles. The van der Waals surface area contributed by atoms with E-state index < -0.39 is 19.6 Å². The second-order valence-corrected chi connectivity index (χ2v) is 16.6. The standard InChI is InChI=1S/C26H30N2O5Si/c1-7-26(32)18-12-20-21-16(11-14-10-15(29)8-9-19(14)27-21)23(34(5,6)25(2,3)4)28(20)22(30)17(18)13-33-24(26)31/h8-12,23,29,32H,7,13H2,1-6H3/t23?,26-/m0/s1. The van der Waals surface area contributed by atoms with Crippen molar-refractivity contribution < 1.29 is 19.7 Å². The summed E-state index contributed by atoms with van der Waals surface area (Å²) in [6, 6.07) is 8.83. The zero-order chi connectivity index (χ0) is 24.8. The number of cyclic esters (lactones) is 1. The summed E-state index contributed by atoms with van der Waals surface area (Å²) in [6.45, 7) is 12.7. The maximum Gasteiger partial charge on any atom is 0.343 e. The smallest absolute Gasteiger partial charge is 0.343 e. The van der Waals surface area contributed by atoms with E-state index in [9.17, 15) is 19.8 Å². The van der Waals surface area contributed by atoms with Gasteiger partial charge in [0.1, 0.15) is 12.4 Å². The maximum absolute atomic E-state index is 14.0. The number of rotatable bonds is 2. The average Bonchev–Trinajstić information content (AvgIpc) is 3.08. The van der Waals surface area contributed by atoms with Crippen LogP contribution in [0.5, 0.6) is 5.75 Å². The molecule has 0 amide bonds. The summed E-state index contributed by atoms with van der Waals surface area (Å²) in [7, 11) is -2.22. The molecule has 7 nitrogen and oxygen atoms in total. The normalized spacial score (nSPS) is 21.7. The lowest BCUT2D eigenvalue weighted by atomic mass is 9.86. The van der Waals surface area contributed by atoms with Gasteiger partial charge in [0.2, 0.25) is 0 Å². The molecule has 0 fully saturated rings. The molecule has 8 heteroatoms. The van der Waals surface area contributed by atoms with Crippen LogP contribution in [0.25, 0.3) is 22.3 Å². The third kappa shape index (κ3) is 2.88. The summed E-state index contributed by atoms with van der Waals surface area (Å²) < 4.78 is 7.08. The van der Waals surface area contributed by atoms with Gasteiger partial charge < -0.3 is 19.5 Å². The highest BCUT2D eigenvalue weighted by Crippen LogP contribution is 2.52. The number of esters is 1. The quantitative estimate of drug-likeness (QED) is 0.419. The number of ether oxygens (including phenoxy) is 1. The fourth-order valence-corrected chi connectivity index (χ4v) is 7.89.